The second kappa shape index (κ2) is 3.31. The first-order chi connectivity index (χ1) is 3.13. The van der Waals surface area contributed by atoms with E-state index in [1.807, 2.05) is 0 Å². The van der Waals surface area contributed by atoms with Crippen molar-refractivity contribution in [2.75, 3.05) is 0 Å². The molecule has 0 unspecified atom stereocenters. The van der Waals surface area contributed by atoms with Crippen molar-refractivity contribution in [1.29, 1.82) is 0 Å². The van der Waals surface area contributed by atoms with Crippen molar-refractivity contribution >= 4 is 26.2 Å². The minimum absolute atomic E-state index is 0.461. The number of carbonyl (C=O) groups is 1. The molecule has 0 aliphatic rings. The summed E-state index contributed by atoms with van der Waals surface area (Å²) in [5.41, 5.74) is 0. The quantitative estimate of drug-likeness (QED) is 0.686. The zero-order valence-electron chi connectivity index (χ0n) is 4.51. The van der Waals surface area contributed by atoms with Gasteiger partial charge in [0.05, 0.1) is 0 Å². The van der Waals surface area contributed by atoms with Gasteiger partial charge in [0.1, 0.15) is 0 Å². The van der Waals surface area contributed by atoms with Crippen molar-refractivity contribution in [1.82, 2.24) is 0 Å². The summed E-state index contributed by atoms with van der Waals surface area (Å²) in [5, 5.41) is 8.13. The van der Waals surface area contributed by atoms with Crippen LogP contribution in [-0.4, -0.2) is 31.3 Å². The predicted molar refractivity (Wildman–Crippen MR) is 29.9 cm³/mol. The number of carboxylic acids is 1. The summed E-state index contributed by atoms with van der Waals surface area (Å²) < 4.78 is 0.461. The molecule has 1 N–H and O–H groups in total. The predicted octanol–water partition coefficient (Wildman–Crippen LogP) is 0.825. The van der Waals surface area contributed by atoms with Gasteiger partial charge in [-0.2, -0.15) is 0 Å². The second-order valence-electron chi connectivity index (χ2n) is 1.63. The number of hydrogen-bond acceptors (Lipinski definition) is 1. The molecule has 0 fully saturated rings. The van der Waals surface area contributed by atoms with Crippen LogP contribution in [0.2, 0.25) is 14.1 Å². The Morgan fingerprint density at radius 3 is 2.14 bits per heavy atom. The number of aliphatic carboxylic acids is 1. The van der Waals surface area contributed by atoms with Crippen LogP contribution >= 0.6 is 0 Å². The van der Waals surface area contributed by atoms with Crippen LogP contribution in [0.1, 0.15) is 0 Å². The first-order valence-corrected chi connectivity index (χ1v) is 8.90. The topological polar surface area (TPSA) is 37.3 Å². The van der Waals surface area contributed by atoms with Gasteiger partial charge in [-0.1, -0.05) is 0 Å². The molecule has 0 aliphatic carbocycles. The van der Waals surface area contributed by atoms with Gasteiger partial charge in [-0.15, -0.1) is 0 Å². The fraction of sp³-hybridized carbons (Fsp3) is 0.750. The molecule has 0 radical (unpaired) electrons. The third kappa shape index (κ3) is 6.29. The summed E-state index contributed by atoms with van der Waals surface area (Å²) >= 11 is -1.18. The number of rotatable bonds is 2. The van der Waals surface area contributed by atoms with Gasteiger partial charge in [-0.3, -0.25) is 0 Å². The Morgan fingerprint density at radius 2 is 2.14 bits per heavy atom. The summed E-state index contributed by atoms with van der Waals surface area (Å²) in [6.45, 7) is 0. The molecule has 0 heterocycles. The minimum atomic E-state index is -1.18. The molecule has 2 nitrogen and oxygen atoms in total. The van der Waals surface area contributed by atoms with Crippen LogP contribution in [0.4, 0.5) is 0 Å². The molecule has 3 heteroatoms. The monoisotopic (exact) mass is 210 g/mol. The van der Waals surface area contributed by atoms with Crippen molar-refractivity contribution in [3.63, 3.8) is 0 Å². The number of carboxylic acid groups (broad SMARTS) is 1. The van der Waals surface area contributed by atoms with E-state index in [2.05, 4.69) is 9.74 Å². The van der Waals surface area contributed by atoms with E-state index in [1.165, 1.54) is 0 Å². The standard InChI is InChI=1S/C2H3O2.2CH3.Sb/c1-2(3)4;;;/h1H2,(H,3,4);2*1H3;. The molecule has 0 aromatic heterocycles. The summed E-state index contributed by atoms with van der Waals surface area (Å²) in [7, 11) is 0. The Balaban J connectivity index is 3.13. The molecule has 0 aromatic rings. The first-order valence-electron chi connectivity index (χ1n) is 1.99. The Labute approximate surface area is 50.5 Å². The molecule has 0 saturated carbocycles. The SMILES string of the molecule is [CH3][Sb]([CH3])[CH2]C(=O)O. The summed E-state index contributed by atoms with van der Waals surface area (Å²) in [6.07, 6.45) is 0. The fourth-order valence-corrected chi connectivity index (χ4v) is 1.81. The zero-order chi connectivity index (χ0) is 5.86. The van der Waals surface area contributed by atoms with Crippen molar-refractivity contribution in [3.05, 3.63) is 0 Å². The molecule has 0 aromatic carbocycles. The first kappa shape index (κ1) is 7.29. The molecule has 0 aliphatic heterocycles. The van der Waals surface area contributed by atoms with E-state index in [0.29, 0.717) is 4.37 Å². The van der Waals surface area contributed by atoms with E-state index in [1.54, 1.807) is 0 Å². The van der Waals surface area contributed by atoms with Crippen LogP contribution in [0.3, 0.4) is 0 Å². The van der Waals surface area contributed by atoms with E-state index < -0.39 is 26.2 Å². The maximum atomic E-state index is 9.86. The van der Waals surface area contributed by atoms with Gasteiger partial charge in [-0.05, 0) is 0 Å². The van der Waals surface area contributed by atoms with E-state index >= 15 is 0 Å². The molecule has 7 heavy (non-hydrogen) atoms. The Bertz CT molecular complexity index is 70.1. The van der Waals surface area contributed by atoms with E-state index in [0.717, 1.165) is 0 Å². The van der Waals surface area contributed by atoms with Crippen molar-refractivity contribution < 1.29 is 9.90 Å². The second-order valence-corrected chi connectivity index (χ2v) is 8.70. The number of hydrogen-bond donors (Lipinski definition) is 1. The van der Waals surface area contributed by atoms with Gasteiger partial charge in [-0.25, -0.2) is 0 Å². The van der Waals surface area contributed by atoms with Gasteiger partial charge in [0.25, 0.3) is 0 Å². The normalized spacial score (nSPS) is 9.57. The van der Waals surface area contributed by atoms with Gasteiger partial charge >= 0.3 is 50.2 Å². The molecule has 0 saturated heterocycles. The summed E-state index contributed by atoms with van der Waals surface area (Å²) in [4.78, 5) is 14.0. The Hall–Kier alpha value is 0.288. The third-order valence-electron chi connectivity index (χ3n) is 0.451. The Morgan fingerprint density at radius 1 is 1.71 bits per heavy atom. The van der Waals surface area contributed by atoms with Crippen molar-refractivity contribution in [3.8, 4) is 0 Å². The molecule has 0 bridgehead atoms. The molecule has 0 amide bonds. The molecule has 0 rings (SSSR count). The Kier molecular flexibility index (Phi) is 3.45. The molecule has 0 atom stereocenters. The van der Waals surface area contributed by atoms with Crippen LogP contribution in [0, 0.1) is 0 Å². The van der Waals surface area contributed by atoms with Crippen molar-refractivity contribution in [2.45, 2.75) is 14.1 Å². The molecular weight excluding hydrogens is 202 g/mol. The fourth-order valence-electron chi connectivity index (χ4n) is 0.271. The van der Waals surface area contributed by atoms with Crippen LogP contribution in [0.5, 0.6) is 0 Å². The van der Waals surface area contributed by atoms with E-state index in [-0.39, 0.29) is 0 Å². The van der Waals surface area contributed by atoms with Crippen LogP contribution < -0.4 is 0 Å². The van der Waals surface area contributed by atoms with Crippen LogP contribution in [-0.2, 0) is 4.79 Å². The molecular formula is C4H9O2Sb. The maximum absolute atomic E-state index is 9.86. The van der Waals surface area contributed by atoms with Gasteiger partial charge < -0.3 is 0 Å². The van der Waals surface area contributed by atoms with Crippen LogP contribution in [0.25, 0.3) is 0 Å². The summed E-state index contributed by atoms with van der Waals surface area (Å²) in [6, 6.07) is 0. The molecule has 0 spiro atoms. The average Bonchev–Trinajstić information content (AvgIpc) is 1.27. The van der Waals surface area contributed by atoms with E-state index in [4.69, 9.17) is 5.11 Å². The third-order valence-corrected chi connectivity index (χ3v) is 3.03. The summed E-state index contributed by atoms with van der Waals surface area (Å²) in [5.74, 6) is -0.631. The van der Waals surface area contributed by atoms with Gasteiger partial charge in [0.15, 0.2) is 0 Å². The van der Waals surface area contributed by atoms with Gasteiger partial charge in [0.2, 0.25) is 0 Å². The zero-order valence-corrected chi connectivity index (χ0v) is 7.06. The van der Waals surface area contributed by atoms with E-state index in [9.17, 15) is 4.79 Å². The average molecular weight is 211 g/mol. The van der Waals surface area contributed by atoms with Crippen LogP contribution in [0.15, 0.2) is 0 Å². The molecule has 42 valence electrons. The van der Waals surface area contributed by atoms with Crippen molar-refractivity contribution in [2.24, 2.45) is 0 Å². The van der Waals surface area contributed by atoms with Gasteiger partial charge in [0, 0.05) is 0 Å².